The zero-order valence-corrected chi connectivity index (χ0v) is 13.8. The predicted octanol–water partition coefficient (Wildman–Crippen LogP) is 4.12. The Bertz CT molecular complexity index is 1060. The van der Waals surface area contributed by atoms with Crippen molar-refractivity contribution in [2.45, 2.75) is 13.0 Å². The van der Waals surface area contributed by atoms with E-state index >= 15 is 0 Å². The van der Waals surface area contributed by atoms with Gasteiger partial charge >= 0.3 is 6.43 Å². The Morgan fingerprint density at radius 1 is 0.963 bits per heavy atom. The number of nitrogens with zero attached hydrogens (tertiary/aromatic N) is 5. The Morgan fingerprint density at radius 3 is 2.48 bits per heavy atom. The molecule has 0 atom stereocenters. The van der Waals surface area contributed by atoms with Gasteiger partial charge in [-0.1, -0.05) is 41.6 Å². The van der Waals surface area contributed by atoms with Gasteiger partial charge in [-0.2, -0.15) is 8.78 Å². The molecule has 0 fully saturated rings. The molecule has 0 N–H and O–H groups in total. The molecule has 136 valence electrons. The second-order valence-corrected chi connectivity index (χ2v) is 5.72. The molecule has 0 aliphatic rings. The highest BCUT2D eigenvalue weighted by Crippen LogP contribution is 2.25. The van der Waals surface area contributed by atoms with Crippen LogP contribution >= 0.6 is 0 Å². The Balaban J connectivity index is 1.54. The zero-order valence-electron chi connectivity index (χ0n) is 13.8. The highest BCUT2D eigenvalue weighted by Gasteiger charge is 2.18. The van der Waals surface area contributed by atoms with Gasteiger partial charge in [0, 0.05) is 16.7 Å². The van der Waals surface area contributed by atoms with Gasteiger partial charge in [0.25, 0.3) is 5.89 Å². The minimum absolute atomic E-state index is 0.164. The largest absolute Gasteiger partial charge is 0.415 e. The van der Waals surface area contributed by atoms with Crippen LogP contribution in [0.15, 0.2) is 59.1 Å². The molecule has 2 aromatic carbocycles. The number of hydrogen-bond donors (Lipinski definition) is 0. The first kappa shape index (κ1) is 17.0. The lowest BCUT2D eigenvalue weighted by Gasteiger charge is -2.04. The molecule has 0 aliphatic carbocycles. The van der Waals surface area contributed by atoms with Crippen molar-refractivity contribution in [2.75, 3.05) is 0 Å². The minimum atomic E-state index is -2.87. The molecule has 4 aromatic rings. The summed E-state index contributed by atoms with van der Waals surface area (Å²) in [5, 5.41) is 14.8. The molecule has 0 spiro atoms. The molecule has 0 bridgehead atoms. The second-order valence-electron chi connectivity index (χ2n) is 5.72. The topological polar surface area (TPSA) is 69.6 Å². The molecule has 0 saturated carbocycles. The first-order chi connectivity index (χ1) is 13.1. The summed E-state index contributed by atoms with van der Waals surface area (Å²) in [7, 11) is 0. The summed E-state index contributed by atoms with van der Waals surface area (Å²) in [6, 6.07) is 13.7. The van der Waals surface area contributed by atoms with Crippen molar-refractivity contribution in [3.05, 3.63) is 72.0 Å². The van der Waals surface area contributed by atoms with Gasteiger partial charge in [-0.25, -0.2) is 9.07 Å². The van der Waals surface area contributed by atoms with E-state index < -0.39 is 18.1 Å². The maximum absolute atomic E-state index is 14.4. The van der Waals surface area contributed by atoms with Crippen LogP contribution in [0, 0.1) is 5.82 Å². The Kier molecular flexibility index (Phi) is 4.41. The Labute approximate surface area is 151 Å². The van der Waals surface area contributed by atoms with E-state index in [0.29, 0.717) is 11.3 Å². The number of benzene rings is 2. The Morgan fingerprint density at radius 2 is 1.78 bits per heavy atom. The molecule has 0 radical (unpaired) electrons. The van der Waals surface area contributed by atoms with Crippen molar-refractivity contribution in [1.29, 1.82) is 0 Å². The fourth-order valence-corrected chi connectivity index (χ4v) is 2.54. The smallest absolute Gasteiger partial charge is 0.314 e. The van der Waals surface area contributed by atoms with Gasteiger partial charge in [0.2, 0.25) is 5.89 Å². The fraction of sp³-hybridized carbons (Fsp3) is 0.111. The van der Waals surface area contributed by atoms with Crippen LogP contribution in [-0.2, 0) is 6.54 Å². The summed E-state index contributed by atoms with van der Waals surface area (Å²) < 4.78 is 45.8. The summed E-state index contributed by atoms with van der Waals surface area (Å²) in [6.45, 7) is 0.165. The number of halogens is 3. The fourth-order valence-electron chi connectivity index (χ4n) is 2.54. The van der Waals surface area contributed by atoms with Crippen LogP contribution in [0.4, 0.5) is 13.2 Å². The predicted molar refractivity (Wildman–Crippen MR) is 89.2 cm³/mol. The van der Waals surface area contributed by atoms with Gasteiger partial charge in [-0.3, -0.25) is 0 Å². The van der Waals surface area contributed by atoms with Crippen LogP contribution in [0.1, 0.15) is 17.9 Å². The lowest BCUT2D eigenvalue weighted by Crippen LogP contribution is -2.03. The zero-order chi connectivity index (χ0) is 18.8. The van der Waals surface area contributed by atoms with E-state index in [-0.39, 0.29) is 18.0 Å². The van der Waals surface area contributed by atoms with Gasteiger partial charge < -0.3 is 4.42 Å². The van der Waals surface area contributed by atoms with Crippen LogP contribution < -0.4 is 0 Å². The molecule has 2 aromatic heterocycles. The lowest BCUT2D eigenvalue weighted by atomic mass is 10.1. The van der Waals surface area contributed by atoms with Crippen molar-refractivity contribution in [3.8, 4) is 22.7 Å². The average Bonchev–Trinajstić information content (AvgIpc) is 3.34. The molecule has 9 heteroatoms. The first-order valence-electron chi connectivity index (χ1n) is 7.96. The van der Waals surface area contributed by atoms with E-state index in [1.165, 1.54) is 16.8 Å². The number of aromatic nitrogens is 5. The number of alkyl halides is 2. The third-order valence-electron chi connectivity index (χ3n) is 3.87. The summed E-state index contributed by atoms with van der Waals surface area (Å²) in [4.78, 5) is 0. The maximum atomic E-state index is 14.4. The second kappa shape index (κ2) is 7.02. The summed E-state index contributed by atoms with van der Waals surface area (Å²) >= 11 is 0. The van der Waals surface area contributed by atoms with Crippen LogP contribution in [0.2, 0.25) is 0 Å². The molecule has 0 amide bonds. The summed E-state index contributed by atoms with van der Waals surface area (Å²) in [6.07, 6.45) is -1.16. The van der Waals surface area contributed by atoms with Crippen LogP contribution in [0.3, 0.4) is 0 Å². The van der Waals surface area contributed by atoms with Crippen molar-refractivity contribution < 1.29 is 17.6 Å². The Hall–Kier alpha value is -3.49. The van der Waals surface area contributed by atoms with Crippen molar-refractivity contribution in [1.82, 2.24) is 25.2 Å². The highest BCUT2D eigenvalue weighted by molar-refractivity contribution is 5.57. The van der Waals surface area contributed by atoms with Gasteiger partial charge in [0.15, 0.2) is 0 Å². The molecule has 0 unspecified atom stereocenters. The monoisotopic (exact) mass is 371 g/mol. The third-order valence-corrected chi connectivity index (χ3v) is 3.87. The van der Waals surface area contributed by atoms with E-state index in [1.54, 1.807) is 6.20 Å². The normalized spacial score (nSPS) is 11.3. The molecule has 6 nitrogen and oxygen atoms in total. The summed E-state index contributed by atoms with van der Waals surface area (Å²) in [5.74, 6) is -1.51. The van der Waals surface area contributed by atoms with Gasteiger partial charge in [0.1, 0.15) is 11.5 Å². The number of hydrogen-bond acceptors (Lipinski definition) is 5. The van der Waals surface area contributed by atoms with Crippen molar-refractivity contribution >= 4 is 0 Å². The van der Waals surface area contributed by atoms with Gasteiger partial charge in [-0.05, 0) is 12.1 Å². The molecular weight excluding hydrogens is 359 g/mol. The molecule has 4 rings (SSSR count). The molecular formula is C18H12F3N5O. The van der Waals surface area contributed by atoms with Crippen LogP contribution in [0.5, 0.6) is 0 Å². The van der Waals surface area contributed by atoms with E-state index in [1.807, 2.05) is 30.3 Å². The minimum Gasteiger partial charge on any atom is -0.415 e. The molecule has 0 saturated heterocycles. The molecule has 27 heavy (non-hydrogen) atoms. The maximum Gasteiger partial charge on any atom is 0.314 e. The van der Waals surface area contributed by atoms with Crippen molar-refractivity contribution in [2.24, 2.45) is 0 Å². The quantitative estimate of drug-likeness (QED) is 0.528. The number of rotatable bonds is 5. The van der Waals surface area contributed by atoms with E-state index in [9.17, 15) is 13.2 Å². The van der Waals surface area contributed by atoms with Crippen LogP contribution in [-0.4, -0.2) is 25.2 Å². The molecule has 0 aliphatic heterocycles. The first-order valence-corrected chi connectivity index (χ1v) is 7.96. The highest BCUT2D eigenvalue weighted by atomic mass is 19.3. The average molecular weight is 371 g/mol. The van der Waals surface area contributed by atoms with E-state index in [0.717, 1.165) is 11.6 Å². The van der Waals surface area contributed by atoms with Gasteiger partial charge in [-0.15, -0.1) is 15.3 Å². The van der Waals surface area contributed by atoms with E-state index in [2.05, 4.69) is 20.5 Å². The lowest BCUT2D eigenvalue weighted by molar-refractivity contribution is 0.116. The summed E-state index contributed by atoms with van der Waals surface area (Å²) in [5.41, 5.74) is 2.17. The van der Waals surface area contributed by atoms with Crippen molar-refractivity contribution in [3.63, 3.8) is 0 Å². The van der Waals surface area contributed by atoms with Gasteiger partial charge in [0.05, 0.1) is 12.7 Å². The standard InChI is InChI=1S/C18H12F3N5O/c19-14-8-12(17-23-24-18(27-17)16(20)21)6-7-13(14)9-26-10-15(22-25-26)11-4-2-1-3-5-11/h1-8,10,16H,9H2. The molecule has 2 heterocycles. The van der Waals surface area contributed by atoms with Crippen LogP contribution in [0.25, 0.3) is 22.7 Å². The third kappa shape index (κ3) is 3.57. The SMILES string of the molecule is Fc1cc(-c2nnc(C(F)F)o2)ccc1Cn1cc(-c2ccccc2)nn1. The van der Waals surface area contributed by atoms with E-state index in [4.69, 9.17) is 4.42 Å².